The maximum absolute atomic E-state index is 11.4. The summed E-state index contributed by atoms with van der Waals surface area (Å²) in [7, 11) is 1.69. The van der Waals surface area contributed by atoms with Crippen LogP contribution in [0.5, 0.6) is 0 Å². The van der Waals surface area contributed by atoms with Gasteiger partial charge in [-0.15, -0.1) is 5.10 Å². The largest absolute Gasteiger partial charge is 0.359 e. The quantitative estimate of drug-likeness (QED) is 0.886. The molecule has 1 saturated heterocycles. The number of nitrogens with one attached hydrogen (secondary N) is 1. The topological polar surface area (TPSA) is 71.0 Å². The number of nitrogens with zero attached hydrogens (tertiary/aromatic N) is 4. The monoisotopic (exact) mass is 291 g/mol. The Morgan fingerprint density at radius 1 is 1.19 bits per heavy atom. The summed E-state index contributed by atoms with van der Waals surface area (Å²) in [6.45, 7) is 5.98. The molecule has 1 aliphatic heterocycles. The zero-order valence-electron chi connectivity index (χ0n) is 13.2. The van der Waals surface area contributed by atoms with E-state index < -0.39 is 0 Å². The molecule has 0 aromatic carbocycles. The number of rotatable bonds is 5. The van der Waals surface area contributed by atoms with Crippen molar-refractivity contribution >= 4 is 11.9 Å². The number of hydrogen-bond acceptors (Lipinski definition) is 5. The van der Waals surface area contributed by atoms with E-state index in [4.69, 9.17) is 0 Å². The Balaban J connectivity index is 1.97. The SMILES string of the molecule is CCc1nnc(N2CCC(CC(=O)NC)CC2)nc1CC. The summed E-state index contributed by atoms with van der Waals surface area (Å²) in [6.07, 6.45) is 4.40. The molecular formula is C15H25N5O. The minimum atomic E-state index is 0.131. The first kappa shape index (κ1) is 15.7. The van der Waals surface area contributed by atoms with Gasteiger partial charge in [-0.2, -0.15) is 5.10 Å². The van der Waals surface area contributed by atoms with Gasteiger partial charge >= 0.3 is 0 Å². The maximum Gasteiger partial charge on any atom is 0.245 e. The van der Waals surface area contributed by atoms with Crippen molar-refractivity contribution in [3.63, 3.8) is 0 Å². The van der Waals surface area contributed by atoms with E-state index in [1.165, 1.54) is 0 Å². The second-order valence-electron chi connectivity index (χ2n) is 5.52. The number of anilines is 1. The molecule has 0 radical (unpaired) electrons. The molecule has 2 heterocycles. The van der Waals surface area contributed by atoms with Gasteiger partial charge in [-0.3, -0.25) is 4.79 Å². The van der Waals surface area contributed by atoms with Crippen molar-refractivity contribution in [2.45, 2.75) is 46.0 Å². The average Bonchev–Trinajstić information content (AvgIpc) is 2.54. The van der Waals surface area contributed by atoms with E-state index >= 15 is 0 Å². The molecule has 6 nitrogen and oxygen atoms in total. The van der Waals surface area contributed by atoms with Gasteiger partial charge in [0.2, 0.25) is 11.9 Å². The van der Waals surface area contributed by atoms with Gasteiger partial charge in [0.15, 0.2) is 0 Å². The molecule has 0 unspecified atom stereocenters. The van der Waals surface area contributed by atoms with Gasteiger partial charge < -0.3 is 10.2 Å². The molecule has 21 heavy (non-hydrogen) atoms. The Morgan fingerprint density at radius 3 is 2.43 bits per heavy atom. The summed E-state index contributed by atoms with van der Waals surface area (Å²) >= 11 is 0. The lowest BCUT2D eigenvalue weighted by molar-refractivity contribution is -0.121. The van der Waals surface area contributed by atoms with Crippen molar-refractivity contribution in [2.75, 3.05) is 25.0 Å². The summed E-state index contributed by atoms with van der Waals surface area (Å²) < 4.78 is 0. The van der Waals surface area contributed by atoms with Crippen LogP contribution < -0.4 is 10.2 Å². The molecule has 1 aliphatic rings. The summed E-state index contributed by atoms with van der Waals surface area (Å²) in [5.74, 6) is 1.34. The summed E-state index contributed by atoms with van der Waals surface area (Å²) in [5.41, 5.74) is 2.05. The molecule has 1 amide bonds. The number of piperidine rings is 1. The number of carbonyl (C=O) groups excluding carboxylic acids is 1. The zero-order chi connectivity index (χ0) is 15.2. The molecule has 0 spiro atoms. The van der Waals surface area contributed by atoms with Gasteiger partial charge in [0.1, 0.15) is 0 Å². The highest BCUT2D eigenvalue weighted by Crippen LogP contribution is 2.23. The fourth-order valence-electron chi connectivity index (χ4n) is 2.76. The first-order valence-electron chi connectivity index (χ1n) is 7.85. The molecule has 2 rings (SSSR count). The van der Waals surface area contributed by atoms with Gasteiger partial charge in [0.05, 0.1) is 11.4 Å². The average molecular weight is 291 g/mol. The molecule has 1 aromatic rings. The van der Waals surface area contributed by atoms with Gasteiger partial charge in [-0.1, -0.05) is 13.8 Å². The van der Waals surface area contributed by atoms with Crippen LogP contribution in [0.3, 0.4) is 0 Å². The molecule has 0 saturated carbocycles. The highest BCUT2D eigenvalue weighted by atomic mass is 16.1. The summed E-state index contributed by atoms with van der Waals surface area (Å²) in [4.78, 5) is 18.3. The maximum atomic E-state index is 11.4. The van der Waals surface area contributed by atoms with Gasteiger partial charge in [-0.05, 0) is 31.6 Å². The first-order valence-corrected chi connectivity index (χ1v) is 7.85. The van der Waals surface area contributed by atoms with E-state index in [2.05, 4.69) is 39.2 Å². The highest BCUT2D eigenvalue weighted by molar-refractivity contribution is 5.75. The molecule has 6 heteroatoms. The van der Waals surface area contributed by atoms with E-state index in [0.29, 0.717) is 12.3 Å². The van der Waals surface area contributed by atoms with E-state index in [1.54, 1.807) is 7.05 Å². The van der Waals surface area contributed by atoms with Gasteiger partial charge in [-0.25, -0.2) is 4.98 Å². The lowest BCUT2D eigenvalue weighted by atomic mass is 9.93. The van der Waals surface area contributed by atoms with Crippen molar-refractivity contribution < 1.29 is 4.79 Å². The number of hydrogen-bond donors (Lipinski definition) is 1. The van der Waals surface area contributed by atoms with Crippen LogP contribution in [0.25, 0.3) is 0 Å². The Morgan fingerprint density at radius 2 is 1.86 bits per heavy atom. The fraction of sp³-hybridized carbons (Fsp3) is 0.733. The highest BCUT2D eigenvalue weighted by Gasteiger charge is 2.23. The predicted octanol–water partition coefficient (Wildman–Crippen LogP) is 1.35. The second kappa shape index (κ2) is 7.33. The van der Waals surface area contributed by atoms with Crippen molar-refractivity contribution in [3.8, 4) is 0 Å². The van der Waals surface area contributed by atoms with E-state index in [-0.39, 0.29) is 5.91 Å². The van der Waals surface area contributed by atoms with Crippen LogP contribution in [0.2, 0.25) is 0 Å². The lowest BCUT2D eigenvalue weighted by Crippen LogP contribution is -2.36. The van der Waals surface area contributed by atoms with Crippen LogP contribution in [-0.4, -0.2) is 41.2 Å². The standard InChI is InChI=1S/C15H25N5O/c1-4-12-13(5-2)18-19-15(17-12)20-8-6-11(7-9-20)10-14(21)16-3/h11H,4-10H2,1-3H3,(H,16,21). The van der Waals surface area contributed by atoms with Crippen LogP contribution in [0.4, 0.5) is 5.95 Å². The molecule has 0 atom stereocenters. The molecular weight excluding hydrogens is 266 g/mol. The molecule has 116 valence electrons. The first-order chi connectivity index (χ1) is 10.2. The van der Waals surface area contributed by atoms with Crippen LogP contribution >= 0.6 is 0 Å². The number of aryl methyl sites for hydroxylation is 2. The normalized spacial score (nSPS) is 16.0. The second-order valence-corrected chi connectivity index (χ2v) is 5.52. The van der Waals surface area contributed by atoms with E-state index in [0.717, 1.165) is 56.1 Å². The van der Waals surface area contributed by atoms with E-state index in [1.807, 2.05) is 0 Å². The smallest absolute Gasteiger partial charge is 0.245 e. The Kier molecular flexibility index (Phi) is 5.47. The van der Waals surface area contributed by atoms with Crippen molar-refractivity contribution in [1.82, 2.24) is 20.5 Å². The van der Waals surface area contributed by atoms with Crippen LogP contribution in [0.15, 0.2) is 0 Å². The molecule has 0 bridgehead atoms. The summed E-state index contributed by atoms with van der Waals surface area (Å²) in [6, 6.07) is 0. The molecule has 0 aliphatic carbocycles. The number of aromatic nitrogens is 3. The fourth-order valence-corrected chi connectivity index (χ4v) is 2.76. The van der Waals surface area contributed by atoms with Crippen LogP contribution in [0, 0.1) is 5.92 Å². The van der Waals surface area contributed by atoms with Crippen LogP contribution in [-0.2, 0) is 17.6 Å². The molecule has 1 N–H and O–H groups in total. The number of amides is 1. The minimum absolute atomic E-state index is 0.131. The third-order valence-electron chi connectivity index (χ3n) is 4.15. The van der Waals surface area contributed by atoms with Crippen molar-refractivity contribution in [2.24, 2.45) is 5.92 Å². The Hall–Kier alpha value is -1.72. The Labute approximate surface area is 126 Å². The van der Waals surface area contributed by atoms with Crippen molar-refractivity contribution in [1.29, 1.82) is 0 Å². The van der Waals surface area contributed by atoms with Crippen LogP contribution in [0.1, 0.15) is 44.5 Å². The summed E-state index contributed by atoms with van der Waals surface area (Å²) in [5, 5.41) is 11.3. The third kappa shape index (κ3) is 3.89. The lowest BCUT2D eigenvalue weighted by Gasteiger charge is -2.31. The number of carbonyl (C=O) groups is 1. The predicted molar refractivity (Wildman–Crippen MR) is 82.2 cm³/mol. The van der Waals surface area contributed by atoms with Gasteiger partial charge in [0.25, 0.3) is 0 Å². The minimum Gasteiger partial charge on any atom is -0.359 e. The van der Waals surface area contributed by atoms with Crippen molar-refractivity contribution in [3.05, 3.63) is 11.4 Å². The van der Waals surface area contributed by atoms with E-state index in [9.17, 15) is 4.79 Å². The molecule has 1 aromatic heterocycles. The zero-order valence-corrected chi connectivity index (χ0v) is 13.2. The van der Waals surface area contributed by atoms with Gasteiger partial charge in [0, 0.05) is 26.6 Å². The molecule has 1 fully saturated rings. The Bertz CT molecular complexity index is 483. The third-order valence-corrected chi connectivity index (χ3v) is 4.15.